The summed E-state index contributed by atoms with van der Waals surface area (Å²) in [4.78, 5) is 11.9. The molecule has 0 aliphatic heterocycles. The van der Waals surface area contributed by atoms with Crippen LogP contribution < -0.4 is 5.73 Å². The lowest BCUT2D eigenvalue weighted by Crippen LogP contribution is -2.09. The van der Waals surface area contributed by atoms with Gasteiger partial charge < -0.3 is 10.5 Å². The molecule has 20 heavy (non-hydrogen) atoms. The normalized spacial score (nSPS) is 10.3. The lowest BCUT2D eigenvalue weighted by Gasteiger charge is -2.09. The van der Waals surface area contributed by atoms with E-state index < -0.39 is 11.8 Å². The molecule has 2 rings (SSSR count). The number of carbonyl (C=O) groups is 1. The van der Waals surface area contributed by atoms with Crippen LogP contribution >= 0.6 is 11.6 Å². The van der Waals surface area contributed by atoms with Crippen molar-refractivity contribution >= 4 is 23.3 Å². The van der Waals surface area contributed by atoms with Gasteiger partial charge in [0.2, 0.25) is 0 Å². The summed E-state index contributed by atoms with van der Waals surface area (Å²) in [6.45, 7) is 1.74. The zero-order valence-corrected chi connectivity index (χ0v) is 11.6. The Morgan fingerprint density at radius 1 is 1.30 bits per heavy atom. The van der Waals surface area contributed by atoms with E-state index in [4.69, 9.17) is 22.1 Å². The Kier molecular flexibility index (Phi) is 4.25. The number of hydrogen-bond donors (Lipinski definition) is 1. The van der Waals surface area contributed by atoms with Crippen molar-refractivity contribution in [1.29, 1.82) is 0 Å². The molecule has 0 aromatic heterocycles. The maximum atomic E-state index is 13.1. The van der Waals surface area contributed by atoms with Gasteiger partial charge in [-0.15, -0.1) is 0 Å². The van der Waals surface area contributed by atoms with E-state index in [0.29, 0.717) is 16.3 Å². The number of halogens is 2. The van der Waals surface area contributed by atoms with Crippen LogP contribution in [0, 0.1) is 12.7 Å². The molecule has 104 valence electrons. The smallest absolute Gasteiger partial charge is 0.340 e. The fourth-order valence-electron chi connectivity index (χ4n) is 1.72. The van der Waals surface area contributed by atoms with E-state index in [1.54, 1.807) is 18.2 Å². The molecule has 0 aliphatic rings. The highest BCUT2D eigenvalue weighted by molar-refractivity contribution is 6.31. The number of benzene rings is 2. The summed E-state index contributed by atoms with van der Waals surface area (Å²) in [5, 5.41) is 0.344. The van der Waals surface area contributed by atoms with E-state index >= 15 is 0 Å². The van der Waals surface area contributed by atoms with Crippen molar-refractivity contribution in [2.75, 3.05) is 5.73 Å². The number of aryl methyl sites for hydroxylation is 1. The highest BCUT2D eigenvalue weighted by Crippen LogP contribution is 2.20. The second-order valence-corrected chi connectivity index (χ2v) is 4.81. The minimum atomic E-state index is -0.563. The van der Waals surface area contributed by atoms with Crippen LogP contribution in [0.15, 0.2) is 36.4 Å². The van der Waals surface area contributed by atoms with E-state index in [0.717, 1.165) is 5.56 Å². The van der Waals surface area contributed by atoms with Crippen molar-refractivity contribution < 1.29 is 13.9 Å². The summed E-state index contributed by atoms with van der Waals surface area (Å²) in [6.07, 6.45) is 0. The molecule has 3 nitrogen and oxygen atoms in total. The van der Waals surface area contributed by atoms with Crippen molar-refractivity contribution in [3.8, 4) is 0 Å². The second-order valence-electron chi connectivity index (χ2n) is 4.40. The van der Waals surface area contributed by atoms with Gasteiger partial charge in [-0.05, 0) is 37.3 Å². The largest absolute Gasteiger partial charge is 0.457 e. The number of nitrogens with two attached hydrogens (primary N) is 1. The van der Waals surface area contributed by atoms with Crippen LogP contribution in [0.1, 0.15) is 21.5 Å². The first kappa shape index (κ1) is 14.3. The van der Waals surface area contributed by atoms with E-state index in [-0.39, 0.29) is 12.2 Å². The summed E-state index contributed by atoms with van der Waals surface area (Å²) in [5.41, 5.74) is 7.66. The highest BCUT2D eigenvalue weighted by Gasteiger charge is 2.12. The monoisotopic (exact) mass is 293 g/mol. The molecule has 0 saturated heterocycles. The maximum absolute atomic E-state index is 13.1. The SMILES string of the molecule is Cc1ccc(N)c(C(=O)OCc2cc(F)ccc2Cl)c1. The Morgan fingerprint density at radius 3 is 2.80 bits per heavy atom. The summed E-state index contributed by atoms with van der Waals surface area (Å²) in [5.74, 6) is -0.998. The van der Waals surface area contributed by atoms with Crippen LogP contribution in [0.5, 0.6) is 0 Å². The zero-order valence-electron chi connectivity index (χ0n) is 10.8. The molecule has 0 aliphatic carbocycles. The lowest BCUT2D eigenvalue weighted by atomic mass is 10.1. The van der Waals surface area contributed by atoms with E-state index in [9.17, 15) is 9.18 Å². The Morgan fingerprint density at radius 2 is 2.05 bits per heavy atom. The lowest BCUT2D eigenvalue weighted by molar-refractivity contribution is 0.0473. The van der Waals surface area contributed by atoms with Crippen LogP contribution in [-0.2, 0) is 11.3 Å². The molecule has 5 heteroatoms. The topological polar surface area (TPSA) is 52.3 Å². The molecule has 0 bridgehead atoms. The van der Waals surface area contributed by atoms with Crippen LogP contribution in [0.2, 0.25) is 5.02 Å². The van der Waals surface area contributed by atoms with Gasteiger partial charge in [0.25, 0.3) is 0 Å². The number of anilines is 1. The van der Waals surface area contributed by atoms with E-state index in [1.807, 2.05) is 6.92 Å². The van der Waals surface area contributed by atoms with E-state index in [2.05, 4.69) is 0 Å². The van der Waals surface area contributed by atoms with E-state index in [1.165, 1.54) is 18.2 Å². The Bertz CT molecular complexity index is 658. The minimum absolute atomic E-state index is 0.108. The molecule has 0 unspecified atom stereocenters. The standard InChI is InChI=1S/C15H13ClFNO2/c1-9-2-5-14(18)12(6-9)15(19)20-8-10-7-11(17)3-4-13(10)16/h2-7H,8,18H2,1H3. The predicted octanol–water partition coefficient (Wildman–Crippen LogP) is 3.73. The second kappa shape index (κ2) is 5.92. The fourth-order valence-corrected chi connectivity index (χ4v) is 1.89. The van der Waals surface area contributed by atoms with Crippen LogP contribution in [0.4, 0.5) is 10.1 Å². The number of rotatable bonds is 3. The highest BCUT2D eigenvalue weighted by atomic mass is 35.5. The van der Waals surface area contributed by atoms with Crippen molar-refractivity contribution in [3.63, 3.8) is 0 Å². The average molecular weight is 294 g/mol. The summed E-state index contributed by atoms with van der Waals surface area (Å²) in [6, 6.07) is 8.98. The zero-order chi connectivity index (χ0) is 14.7. The van der Waals surface area contributed by atoms with Gasteiger partial charge in [-0.1, -0.05) is 23.2 Å². The van der Waals surface area contributed by atoms with Crippen LogP contribution in [0.3, 0.4) is 0 Å². The molecule has 0 saturated carbocycles. The van der Waals surface area contributed by atoms with Gasteiger partial charge >= 0.3 is 5.97 Å². The first-order chi connectivity index (χ1) is 9.47. The average Bonchev–Trinajstić information content (AvgIpc) is 2.42. The van der Waals surface area contributed by atoms with Crippen LogP contribution in [0.25, 0.3) is 0 Å². The van der Waals surface area contributed by atoms with Gasteiger partial charge in [0.05, 0.1) is 5.56 Å². The third-order valence-electron chi connectivity index (χ3n) is 2.80. The molecular weight excluding hydrogens is 281 g/mol. The Labute approximate surface area is 121 Å². The molecule has 0 heterocycles. The number of ether oxygens (including phenoxy) is 1. The quantitative estimate of drug-likeness (QED) is 0.693. The van der Waals surface area contributed by atoms with Crippen molar-refractivity contribution in [3.05, 3.63) is 63.9 Å². The van der Waals surface area contributed by atoms with Gasteiger partial charge in [0.15, 0.2) is 0 Å². The number of hydrogen-bond acceptors (Lipinski definition) is 3. The molecule has 0 radical (unpaired) electrons. The van der Waals surface area contributed by atoms with Crippen LogP contribution in [-0.4, -0.2) is 5.97 Å². The summed E-state index contributed by atoms with van der Waals surface area (Å²) in [7, 11) is 0. The fraction of sp³-hybridized carbons (Fsp3) is 0.133. The van der Waals surface area contributed by atoms with Gasteiger partial charge in [-0.3, -0.25) is 0 Å². The molecule has 0 fully saturated rings. The Balaban J connectivity index is 2.12. The molecule has 0 spiro atoms. The third-order valence-corrected chi connectivity index (χ3v) is 3.16. The first-order valence-electron chi connectivity index (χ1n) is 5.94. The van der Waals surface area contributed by atoms with Gasteiger partial charge in [-0.25, -0.2) is 9.18 Å². The minimum Gasteiger partial charge on any atom is -0.457 e. The molecule has 2 aromatic rings. The first-order valence-corrected chi connectivity index (χ1v) is 6.32. The number of carbonyl (C=O) groups excluding carboxylic acids is 1. The molecule has 0 amide bonds. The van der Waals surface area contributed by atoms with Gasteiger partial charge in [-0.2, -0.15) is 0 Å². The van der Waals surface area contributed by atoms with Gasteiger partial charge in [0.1, 0.15) is 12.4 Å². The van der Waals surface area contributed by atoms with Crippen molar-refractivity contribution in [2.45, 2.75) is 13.5 Å². The predicted molar refractivity (Wildman–Crippen MR) is 76.1 cm³/mol. The number of esters is 1. The number of nitrogen functional groups attached to an aromatic ring is 1. The molecule has 2 aromatic carbocycles. The van der Waals surface area contributed by atoms with Crippen molar-refractivity contribution in [1.82, 2.24) is 0 Å². The third kappa shape index (κ3) is 3.27. The molecule has 2 N–H and O–H groups in total. The molecular formula is C15H13ClFNO2. The molecule has 0 atom stereocenters. The van der Waals surface area contributed by atoms with Gasteiger partial charge in [0, 0.05) is 16.3 Å². The summed E-state index contributed by atoms with van der Waals surface area (Å²) >= 11 is 5.90. The summed E-state index contributed by atoms with van der Waals surface area (Å²) < 4.78 is 18.2. The Hall–Kier alpha value is -2.07. The van der Waals surface area contributed by atoms with Crippen molar-refractivity contribution in [2.24, 2.45) is 0 Å². The maximum Gasteiger partial charge on any atom is 0.340 e.